The van der Waals surface area contributed by atoms with E-state index in [9.17, 15) is 19.2 Å². The zero-order valence-electron chi connectivity index (χ0n) is 16.7. The number of ether oxygens (including phenoxy) is 1. The summed E-state index contributed by atoms with van der Waals surface area (Å²) < 4.78 is 5.22. The molecule has 1 atom stereocenters. The molecule has 3 rings (SSSR count). The fourth-order valence-electron chi connectivity index (χ4n) is 3.30. The van der Waals surface area contributed by atoms with Gasteiger partial charge in [-0.25, -0.2) is 4.79 Å². The molecule has 0 fully saturated rings. The van der Waals surface area contributed by atoms with Crippen molar-refractivity contribution < 1.29 is 23.9 Å². The number of carbonyl (C=O) groups excluding carboxylic acids is 4. The van der Waals surface area contributed by atoms with Crippen LogP contribution in [-0.4, -0.2) is 41.1 Å². The predicted molar refractivity (Wildman–Crippen MR) is 107 cm³/mol. The van der Waals surface area contributed by atoms with E-state index in [4.69, 9.17) is 4.74 Å². The quantitative estimate of drug-likeness (QED) is 0.409. The van der Waals surface area contributed by atoms with Crippen molar-refractivity contribution in [2.24, 2.45) is 5.92 Å². The molecule has 1 heterocycles. The molecule has 1 unspecified atom stereocenters. The lowest BCUT2D eigenvalue weighted by atomic mass is 10.0. The van der Waals surface area contributed by atoms with E-state index in [0.29, 0.717) is 5.56 Å². The van der Waals surface area contributed by atoms with Gasteiger partial charge in [0.2, 0.25) is 0 Å². The number of aryl methyl sites for hydroxylation is 1. The Balaban J connectivity index is 1.76. The molecular formula is C23H23NO5. The number of rotatable bonds is 7. The van der Waals surface area contributed by atoms with E-state index in [1.807, 2.05) is 20.8 Å². The summed E-state index contributed by atoms with van der Waals surface area (Å²) in [5.74, 6) is -2.10. The Bertz CT molecular complexity index is 926. The molecule has 0 aromatic heterocycles. The third kappa shape index (κ3) is 4.26. The van der Waals surface area contributed by atoms with Crippen molar-refractivity contribution in [1.82, 2.24) is 4.90 Å². The van der Waals surface area contributed by atoms with Crippen LogP contribution in [0.1, 0.15) is 56.9 Å². The number of Topliss-reactive ketones (excluding diaryl/α,β-unsaturated/α-hetero) is 1. The minimum absolute atomic E-state index is 0.0321. The Morgan fingerprint density at radius 1 is 0.931 bits per heavy atom. The highest BCUT2D eigenvalue weighted by molar-refractivity contribution is 6.22. The molecule has 2 amide bonds. The molecule has 0 radical (unpaired) electrons. The molecule has 2 aromatic rings. The minimum Gasteiger partial charge on any atom is -0.456 e. The summed E-state index contributed by atoms with van der Waals surface area (Å²) in [4.78, 5) is 51.6. The molecule has 6 nitrogen and oxygen atoms in total. The molecule has 0 N–H and O–H groups in total. The molecule has 150 valence electrons. The third-order valence-electron chi connectivity index (χ3n) is 4.82. The maximum absolute atomic E-state index is 12.8. The van der Waals surface area contributed by atoms with Crippen molar-refractivity contribution in [2.75, 3.05) is 6.61 Å². The number of benzene rings is 2. The lowest BCUT2D eigenvalue weighted by molar-refractivity contribution is -0.147. The summed E-state index contributed by atoms with van der Waals surface area (Å²) in [7, 11) is 0. The minimum atomic E-state index is -1.08. The predicted octanol–water partition coefficient (Wildman–Crippen LogP) is 3.43. The monoisotopic (exact) mass is 393 g/mol. The van der Waals surface area contributed by atoms with E-state index in [1.165, 1.54) is 0 Å². The summed E-state index contributed by atoms with van der Waals surface area (Å²) >= 11 is 0. The Labute approximate surface area is 169 Å². The van der Waals surface area contributed by atoms with Gasteiger partial charge in [-0.3, -0.25) is 19.3 Å². The Morgan fingerprint density at radius 3 is 2.00 bits per heavy atom. The standard InChI is InChI=1S/C23H23NO5/c1-14(2)12-19(24-21(26)17-6-4-5-7-18(17)22(24)27)23(28)29-13-20(25)16-10-8-15(3)9-11-16/h4-11,14,19H,12-13H2,1-3H3. The molecular weight excluding hydrogens is 370 g/mol. The van der Waals surface area contributed by atoms with Gasteiger partial charge in [-0.1, -0.05) is 55.8 Å². The lowest BCUT2D eigenvalue weighted by Gasteiger charge is -2.25. The van der Waals surface area contributed by atoms with Gasteiger partial charge >= 0.3 is 5.97 Å². The van der Waals surface area contributed by atoms with Crippen LogP contribution in [0.2, 0.25) is 0 Å². The van der Waals surface area contributed by atoms with Crippen LogP contribution in [-0.2, 0) is 9.53 Å². The number of amides is 2. The van der Waals surface area contributed by atoms with Crippen LogP contribution in [0.4, 0.5) is 0 Å². The smallest absolute Gasteiger partial charge is 0.329 e. The van der Waals surface area contributed by atoms with Crippen molar-refractivity contribution in [3.63, 3.8) is 0 Å². The summed E-state index contributed by atoms with van der Waals surface area (Å²) in [6.45, 7) is 5.23. The van der Waals surface area contributed by atoms with E-state index in [1.54, 1.807) is 48.5 Å². The number of hydrogen-bond donors (Lipinski definition) is 0. The highest BCUT2D eigenvalue weighted by atomic mass is 16.5. The van der Waals surface area contributed by atoms with Crippen LogP contribution >= 0.6 is 0 Å². The van der Waals surface area contributed by atoms with Crippen LogP contribution in [0.5, 0.6) is 0 Å². The molecule has 0 saturated heterocycles. The van der Waals surface area contributed by atoms with Crippen LogP contribution in [0.25, 0.3) is 0 Å². The van der Waals surface area contributed by atoms with Gasteiger partial charge in [-0.05, 0) is 31.4 Å². The second-order valence-corrected chi connectivity index (χ2v) is 7.57. The topological polar surface area (TPSA) is 80.8 Å². The molecule has 2 aromatic carbocycles. The van der Waals surface area contributed by atoms with Gasteiger partial charge < -0.3 is 4.74 Å². The van der Waals surface area contributed by atoms with E-state index in [2.05, 4.69) is 0 Å². The van der Waals surface area contributed by atoms with Crippen molar-refractivity contribution in [3.8, 4) is 0 Å². The first-order chi connectivity index (χ1) is 13.8. The second kappa shape index (κ2) is 8.39. The van der Waals surface area contributed by atoms with Gasteiger partial charge in [-0.15, -0.1) is 0 Å². The molecule has 0 bridgehead atoms. The first-order valence-electron chi connectivity index (χ1n) is 9.53. The Kier molecular flexibility index (Phi) is 5.92. The molecule has 6 heteroatoms. The van der Waals surface area contributed by atoms with Crippen molar-refractivity contribution in [2.45, 2.75) is 33.2 Å². The molecule has 0 aliphatic carbocycles. The van der Waals surface area contributed by atoms with E-state index >= 15 is 0 Å². The lowest BCUT2D eigenvalue weighted by Crippen LogP contribution is -2.46. The van der Waals surface area contributed by atoms with Crippen LogP contribution in [0.15, 0.2) is 48.5 Å². The maximum atomic E-state index is 12.8. The number of nitrogens with zero attached hydrogens (tertiary/aromatic N) is 1. The summed E-state index contributed by atoms with van der Waals surface area (Å²) in [5, 5.41) is 0. The van der Waals surface area contributed by atoms with Gasteiger partial charge in [0.05, 0.1) is 11.1 Å². The molecule has 1 aliphatic rings. The Morgan fingerprint density at radius 2 is 1.48 bits per heavy atom. The average molecular weight is 393 g/mol. The number of carbonyl (C=O) groups is 4. The van der Waals surface area contributed by atoms with Crippen LogP contribution in [0.3, 0.4) is 0 Å². The SMILES string of the molecule is Cc1ccc(C(=O)COC(=O)C(CC(C)C)N2C(=O)c3ccccc3C2=O)cc1. The van der Waals surface area contributed by atoms with Crippen LogP contribution < -0.4 is 0 Å². The number of esters is 1. The highest BCUT2D eigenvalue weighted by Crippen LogP contribution is 2.27. The van der Waals surface area contributed by atoms with Gasteiger partial charge in [0.25, 0.3) is 11.8 Å². The number of imide groups is 1. The van der Waals surface area contributed by atoms with Crippen LogP contribution in [0, 0.1) is 12.8 Å². The van der Waals surface area contributed by atoms with Gasteiger partial charge in [0, 0.05) is 5.56 Å². The molecule has 29 heavy (non-hydrogen) atoms. The van der Waals surface area contributed by atoms with Crippen molar-refractivity contribution >= 4 is 23.6 Å². The number of fused-ring (bicyclic) bond motifs is 1. The second-order valence-electron chi connectivity index (χ2n) is 7.57. The summed E-state index contributed by atoms with van der Waals surface area (Å²) in [6, 6.07) is 12.3. The van der Waals surface area contributed by atoms with Gasteiger partial charge in [0.1, 0.15) is 6.04 Å². The number of hydrogen-bond acceptors (Lipinski definition) is 5. The average Bonchev–Trinajstić information content (AvgIpc) is 2.95. The van der Waals surface area contributed by atoms with Gasteiger partial charge in [-0.2, -0.15) is 0 Å². The highest BCUT2D eigenvalue weighted by Gasteiger charge is 2.43. The Hall–Kier alpha value is -3.28. The fraction of sp³-hybridized carbons (Fsp3) is 0.304. The third-order valence-corrected chi connectivity index (χ3v) is 4.82. The molecule has 0 spiro atoms. The zero-order chi connectivity index (χ0) is 21.1. The normalized spacial score (nSPS) is 14.1. The van der Waals surface area contributed by atoms with E-state index in [0.717, 1.165) is 10.5 Å². The number of ketones is 1. The molecule has 1 aliphatic heterocycles. The fourth-order valence-corrected chi connectivity index (χ4v) is 3.30. The summed E-state index contributed by atoms with van der Waals surface area (Å²) in [5.41, 5.74) is 2.00. The zero-order valence-corrected chi connectivity index (χ0v) is 16.7. The van der Waals surface area contributed by atoms with E-state index in [-0.39, 0.29) is 29.2 Å². The summed E-state index contributed by atoms with van der Waals surface area (Å²) in [6.07, 6.45) is 0.253. The largest absolute Gasteiger partial charge is 0.456 e. The maximum Gasteiger partial charge on any atom is 0.329 e. The first kappa shape index (κ1) is 20.5. The van der Waals surface area contributed by atoms with Crippen molar-refractivity contribution in [1.29, 1.82) is 0 Å². The van der Waals surface area contributed by atoms with Crippen molar-refractivity contribution in [3.05, 3.63) is 70.8 Å². The first-order valence-corrected chi connectivity index (χ1v) is 9.53. The van der Waals surface area contributed by atoms with Gasteiger partial charge in [0.15, 0.2) is 12.4 Å². The van der Waals surface area contributed by atoms with E-state index < -0.39 is 30.4 Å². The molecule has 0 saturated carbocycles.